The summed E-state index contributed by atoms with van der Waals surface area (Å²) < 4.78 is 48.7. The summed E-state index contributed by atoms with van der Waals surface area (Å²) in [6, 6.07) is 2.38. The predicted molar refractivity (Wildman–Crippen MR) is 37.3 cm³/mol. The molecule has 0 bridgehead atoms. The van der Waals surface area contributed by atoms with Gasteiger partial charge in [0, 0.05) is 0 Å². The zero-order valence-corrected chi connectivity index (χ0v) is 6.40. The van der Waals surface area contributed by atoms with E-state index in [1.165, 1.54) is 0 Å². The van der Waals surface area contributed by atoms with Gasteiger partial charge in [-0.1, -0.05) is 6.07 Å². The van der Waals surface area contributed by atoms with Gasteiger partial charge in [-0.2, -0.15) is 13.2 Å². The van der Waals surface area contributed by atoms with Crippen LogP contribution in [0.5, 0.6) is 0 Å². The van der Waals surface area contributed by atoms with Gasteiger partial charge in [-0.15, -0.1) is 0 Å². The average molecular weight is 193 g/mol. The molecule has 0 aliphatic rings. The van der Waals surface area contributed by atoms with E-state index in [-0.39, 0.29) is 5.56 Å². The van der Waals surface area contributed by atoms with E-state index < -0.39 is 24.2 Å². The molecule has 0 heterocycles. The summed E-state index contributed by atoms with van der Waals surface area (Å²) in [5.41, 5.74) is -1.31. The van der Waals surface area contributed by atoms with Crippen molar-refractivity contribution in [2.45, 2.75) is 12.8 Å². The summed E-state index contributed by atoms with van der Waals surface area (Å²) in [5, 5.41) is 8.53. The highest BCUT2D eigenvalue weighted by Gasteiger charge is 2.33. The Morgan fingerprint density at radius 3 is 2.31 bits per heavy atom. The molecule has 0 amide bonds. The molecule has 0 aliphatic heterocycles. The van der Waals surface area contributed by atoms with E-state index in [1.807, 2.05) is 0 Å². The van der Waals surface area contributed by atoms with E-state index in [0.29, 0.717) is 12.1 Å². The SMILES string of the molecule is OCc1ccc([18F])c(C(F)(F)F)c1. The fraction of sp³-hybridized carbons (Fsp3) is 0.250. The summed E-state index contributed by atoms with van der Waals surface area (Å²) in [6.07, 6.45) is -4.71. The van der Waals surface area contributed by atoms with Gasteiger partial charge in [-0.25, -0.2) is 4.39 Å². The zero-order valence-electron chi connectivity index (χ0n) is 6.40. The van der Waals surface area contributed by atoms with Crippen LogP contribution in [0.25, 0.3) is 0 Å². The third kappa shape index (κ3) is 2.18. The summed E-state index contributed by atoms with van der Waals surface area (Å²) >= 11 is 0. The maximum atomic E-state index is 12.6. The minimum atomic E-state index is -4.71. The molecule has 5 heteroatoms. The summed E-state index contributed by atoms with van der Waals surface area (Å²) in [6.45, 7) is -0.538. The molecule has 72 valence electrons. The van der Waals surface area contributed by atoms with E-state index in [9.17, 15) is 17.6 Å². The van der Waals surface area contributed by atoms with Crippen molar-refractivity contribution in [3.63, 3.8) is 0 Å². The van der Waals surface area contributed by atoms with Gasteiger partial charge in [0.2, 0.25) is 0 Å². The molecule has 1 aromatic rings. The molecule has 0 fully saturated rings. The Bertz CT molecular complexity index is 306. The third-order valence-corrected chi connectivity index (χ3v) is 1.52. The highest BCUT2D eigenvalue weighted by Crippen LogP contribution is 2.31. The van der Waals surface area contributed by atoms with Crippen LogP contribution in [0.4, 0.5) is 17.6 Å². The predicted octanol–water partition coefficient (Wildman–Crippen LogP) is 2.34. The normalized spacial score (nSPS) is 11.8. The smallest absolute Gasteiger partial charge is 0.392 e. The van der Waals surface area contributed by atoms with Crippen molar-refractivity contribution >= 4 is 0 Å². The van der Waals surface area contributed by atoms with Crippen molar-refractivity contribution in [3.8, 4) is 0 Å². The molecule has 0 saturated heterocycles. The average Bonchev–Trinajstić information content (AvgIpc) is 2.03. The molecular weight excluding hydrogens is 187 g/mol. The van der Waals surface area contributed by atoms with E-state index in [1.54, 1.807) is 0 Å². The van der Waals surface area contributed by atoms with Crippen molar-refractivity contribution in [3.05, 3.63) is 35.1 Å². The number of hydrogen-bond donors (Lipinski definition) is 1. The Morgan fingerprint density at radius 1 is 1.23 bits per heavy atom. The lowest BCUT2D eigenvalue weighted by atomic mass is 10.1. The number of benzene rings is 1. The molecule has 1 aromatic carbocycles. The fourth-order valence-corrected chi connectivity index (χ4v) is 0.888. The van der Waals surface area contributed by atoms with Crippen LogP contribution < -0.4 is 0 Å². The number of aliphatic hydroxyl groups is 1. The fourth-order valence-electron chi connectivity index (χ4n) is 0.888. The molecule has 13 heavy (non-hydrogen) atoms. The molecule has 0 aromatic heterocycles. The molecule has 0 aliphatic carbocycles. The molecule has 1 N–H and O–H groups in total. The molecule has 0 unspecified atom stereocenters. The summed E-state index contributed by atoms with van der Waals surface area (Å²) in [7, 11) is 0. The van der Waals surface area contributed by atoms with Gasteiger partial charge in [-0.3, -0.25) is 0 Å². The van der Waals surface area contributed by atoms with Crippen molar-refractivity contribution in [1.82, 2.24) is 0 Å². The van der Waals surface area contributed by atoms with Crippen LogP contribution in [0.15, 0.2) is 18.2 Å². The second-order valence-corrected chi connectivity index (χ2v) is 2.47. The van der Waals surface area contributed by atoms with Crippen molar-refractivity contribution < 1.29 is 22.7 Å². The van der Waals surface area contributed by atoms with Crippen LogP contribution in [0.1, 0.15) is 11.1 Å². The number of halogens is 4. The third-order valence-electron chi connectivity index (χ3n) is 1.52. The Morgan fingerprint density at radius 2 is 1.85 bits per heavy atom. The zero-order chi connectivity index (χ0) is 10.1. The molecule has 0 saturated carbocycles. The van der Waals surface area contributed by atoms with Gasteiger partial charge in [0.25, 0.3) is 0 Å². The lowest BCUT2D eigenvalue weighted by Gasteiger charge is -2.08. The Labute approximate surface area is 71.6 Å². The van der Waals surface area contributed by atoms with Crippen LogP contribution in [0.3, 0.4) is 0 Å². The summed E-state index contributed by atoms with van der Waals surface area (Å²) in [5.74, 6) is -1.33. The lowest BCUT2D eigenvalue weighted by Crippen LogP contribution is -2.08. The molecule has 0 atom stereocenters. The van der Waals surface area contributed by atoms with Crippen molar-refractivity contribution in [1.29, 1.82) is 0 Å². The molecule has 0 spiro atoms. The maximum absolute atomic E-state index is 12.6. The first kappa shape index (κ1) is 9.98. The second kappa shape index (κ2) is 3.33. The quantitative estimate of drug-likeness (QED) is 0.678. The van der Waals surface area contributed by atoms with Gasteiger partial charge in [0.05, 0.1) is 12.2 Å². The van der Waals surface area contributed by atoms with Gasteiger partial charge in [-0.05, 0) is 17.7 Å². The molecular formula is C8H6F4O. The van der Waals surface area contributed by atoms with Gasteiger partial charge in [0.1, 0.15) is 5.82 Å². The molecule has 1 nitrogen and oxygen atoms in total. The van der Waals surface area contributed by atoms with Gasteiger partial charge in [0.15, 0.2) is 0 Å². The topological polar surface area (TPSA) is 20.2 Å². The molecule has 1 rings (SSSR count). The second-order valence-electron chi connectivity index (χ2n) is 2.47. The lowest BCUT2D eigenvalue weighted by molar-refractivity contribution is -0.140. The van der Waals surface area contributed by atoms with E-state index in [0.717, 1.165) is 6.07 Å². The Kier molecular flexibility index (Phi) is 2.56. The summed E-state index contributed by atoms with van der Waals surface area (Å²) in [4.78, 5) is 0. The number of hydrogen-bond acceptors (Lipinski definition) is 1. The molecule has 0 radical (unpaired) electrons. The first-order valence-electron chi connectivity index (χ1n) is 3.41. The maximum Gasteiger partial charge on any atom is 0.419 e. The van der Waals surface area contributed by atoms with Gasteiger partial charge < -0.3 is 5.11 Å². The van der Waals surface area contributed by atoms with Crippen LogP contribution in [-0.4, -0.2) is 5.11 Å². The minimum absolute atomic E-state index is 0.0359. The Balaban J connectivity index is 3.19. The van der Waals surface area contributed by atoms with Crippen molar-refractivity contribution in [2.75, 3.05) is 0 Å². The largest absolute Gasteiger partial charge is 0.419 e. The van der Waals surface area contributed by atoms with Crippen molar-refractivity contribution in [2.24, 2.45) is 0 Å². The minimum Gasteiger partial charge on any atom is -0.392 e. The number of alkyl halides is 3. The van der Waals surface area contributed by atoms with Gasteiger partial charge >= 0.3 is 6.18 Å². The highest BCUT2D eigenvalue weighted by atomic mass is 19.4. The van der Waals surface area contributed by atoms with E-state index in [4.69, 9.17) is 5.11 Å². The van der Waals surface area contributed by atoms with Crippen LogP contribution >= 0.6 is 0 Å². The van der Waals surface area contributed by atoms with Crippen LogP contribution in [0.2, 0.25) is 0 Å². The number of aliphatic hydroxyl groups excluding tert-OH is 1. The van der Waals surface area contributed by atoms with Crippen LogP contribution in [-0.2, 0) is 12.8 Å². The first-order chi connectivity index (χ1) is 5.95. The van der Waals surface area contributed by atoms with E-state index in [2.05, 4.69) is 0 Å². The monoisotopic (exact) mass is 193 g/mol. The number of rotatable bonds is 1. The van der Waals surface area contributed by atoms with E-state index >= 15 is 0 Å². The van der Waals surface area contributed by atoms with Crippen LogP contribution in [0, 0.1) is 5.82 Å². The highest BCUT2D eigenvalue weighted by molar-refractivity contribution is 5.26. The Hall–Kier alpha value is -1.10. The standard InChI is InChI=1S/C8H6F4O/c9-7-2-1-5(4-13)3-6(7)8(10,11)12/h1-3,13H,4H2/i9-1. The first-order valence-corrected chi connectivity index (χ1v) is 3.41.